The lowest BCUT2D eigenvalue weighted by atomic mass is 9.95. The maximum Gasteiger partial charge on any atom is 0.433 e. The van der Waals surface area contributed by atoms with Gasteiger partial charge in [0.25, 0.3) is 5.91 Å². The van der Waals surface area contributed by atoms with Crippen molar-refractivity contribution in [2.24, 2.45) is 0 Å². The Labute approximate surface area is 179 Å². The smallest absolute Gasteiger partial charge is 0.349 e. The summed E-state index contributed by atoms with van der Waals surface area (Å²) in [4.78, 5) is 15.1. The fourth-order valence-corrected chi connectivity index (χ4v) is 5.36. The summed E-state index contributed by atoms with van der Waals surface area (Å²) in [6.07, 6.45) is -7.74. The Morgan fingerprint density at radius 3 is 2.12 bits per heavy atom. The fraction of sp³-hybridized carbons (Fsp3) is 0.400. The first-order chi connectivity index (χ1) is 14.8. The molecule has 32 heavy (non-hydrogen) atoms. The van der Waals surface area contributed by atoms with Crippen LogP contribution >= 0.6 is 0 Å². The van der Waals surface area contributed by atoms with Crippen LogP contribution in [0.5, 0.6) is 0 Å². The van der Waals surface area contributed by atoms with Crippen molar-refractivity contribution in [1.82, 2.24) is 10.3 Å². The first kappa shape index (κ1) is 24.0. The van der Waals surface area contributed by atoms with Crippen LogP contribution in [-0.2, 0) is 22.2 Å². The van der Waals surface area contributed by atoms with E-state index in [4.69, 9.17) is 0 Å². The molecule has 1 aliphatic rings. The molecule has 0 atom stereocenters. The van der Waals surface area contributed by atoms with Gasteiger partial charge in [-0.15, -0.1) is 0 Å². The number of hydrogen-bond donors (Lipinski definition) is 1. The standard InChI is InChI=1S/C20H18F6N2O3S/c21-19(22,23)13-2-1-3-16(10-13)32(30,31)15-7-5-14(6-8-15)28-18(29)12-4-9-17(27-11-12)20(24,25)26/h1-4,9-11,14-15H,5-8H2,(H,28,29). The van der Waals surface area contributed by atoms with Crippen molar-refractivity contribution in [3.8, 4) is 0 Å². The molecular weight excluding hydrogens is 462 g/mol. The fourth-order valence-electron chi connectivity index (χ4n) is 3.52. The molecule has 12 heteroatoms. The van der Waals surface area contributed by atoms with E-state index in [1.807, 2.05) is 0 Å². The second kappa shape index (κ2) is 8.72. The van der Waals surface area contributed by atoms with E-state index in [9.17, 15) is 39.6 Å². The lowest BCUT2D eigenvalue weighted by molar-refractivity contribution is -0.141. The molecule has 174 valence electrons. The van der Waals surface area contributed by atoms with Gasteiger partial charge in [0, 0.05) is 12.2 Å². The van der Waals surface area contributed by atoms with Crippen molar-refractivity contribution in [3.63, 3.8) is 0 Å². The third kappa shape index (κ3) is 5.40. The molecule has 0 aliphatic heterocycles. The predicted molar refractivity (Wildman–Crippen MR) is 101 cm³/mol. The Hall–Kier alpha value is -2.63. The summed E-state index contributed by atoms with van der Waals surface area (Å²) in [5.41, 5.74) is -2.25. The van der Waals surface area contributed by atoms with Crippen LogP contribution in [0.25, 0.3) is 0 Å². The van der Waals surface area contributed by atoms with Crippen LogP contribution in [0.15, 0.2) is 47.5 Å². The van der Waals surface area contributed by atoms with Crippen LogP contribution in [0, 0.1) is 0 Å². The van der Waals surface area contributed by atoms with Crippen molar-refractivity contribution in [2.45, 2.75) is 54.2 Å². The number of hydrogen-bond acceptors (Lipinski definition) is 4. The Morgan fingerprint density at radius 2 is 1.59 bits per heavy atom. The molecule has 1 fully saturated rings. The minimum atomic E-state index is -4.67. The first-order valence-electron chi connectivity index (χ1n) is 9.54. The van der Waals surface area contributed by atoms with E-state index in [1.165, 1.54) is 0 Å². The Balaban J connectivity index is 1.62. The number of carbonyl (C=O) groups is 1. The van der Waals surface area contributed by atoms with Gasteiger partial charge in [0.05, 0.1) is 21.3 Å². The Bertz CT molecular complexity index is 1070. The normalized spacial score (nSPS) is 20.1. The maximum atomic E-state index is 12.9. The van der Waals surface area contributed by atoms with E-state index in [0.717, 1.165) is 30.5 Å². The van der Waals surface area contributed by atoms with E-state index < -0.39 is 55.5 Å². The number of nitrogens with one attached hydrogen (secondary N) is 1. The van der Waals surface area contributed by atoms with E-state index in [0.29, 0.717) is 12.1 Å². The third-order valence-electron chi connectivity index (χ3n) is 5.25. The number of pyridine rings is 1. The predicted octanol–water partition coefficient (Wildman–Crippen LogP) is 4.63. The monoisotopic (exact) mass is 480 g/mol. The Kier molecular flexibility index (Phi) is 6.55. The molecule has 1 aromatic heterocycles. The number of sulfone groups is 1. The summed E-state index contributed by atoms with van der Waals surface area (Å²) in [6, 6.07) is 4.83. The first-order valence-corrected chi connectivity index (χ1v) is 11.1. The number of carbonyl (C=O) groups excluding carboxylic acids is 1. The third-order valence-corrected chi connectivity index (χ3v) is 7.51. The quantitative estimate of drug-likeness (QED) is 0.648. The van der Waals surface area contributed by atoms with Gasteiger partial charge in [-0.3, -0.25) is 9.78 Å². The van der Waals surface area contributed by atoms with Gasteiger partial charge in [-0.1, -0.05) is 6.07 Å². The van der Waals surface area contributed by atoms with Crippen LogP contribution in [0.1, 0.15) is 47.3 Å². The zero-order chi connectivity index (χ0) is 23.7. The molecule has 1 aromatic carbocycles. The van der Waals surface area contributed by atoms with Crippen LogP contribution in [0.2, 0.25) is 0 Å². The number of rotatable bonds is 4. The largest absolute Gasteiger partial charge is 0.433 e. The highest BCUT2D eigenvalue weighted by atomic mass is 32.2. The molecule has 1 heterocycles. The zero-order valence-electron chi connectivity index (χ0n) is 16.4. The summed E-state index contributed by atoms with van der Waals surface area (Å²) in [6.45, 7) is 0. The molecule has 5 nitrogen and oxygen atoms in total. The molecule has 0 spiro atoms. The zero-order valence-corrected chi connectivity index (χ0v) is 17.2. The van der Waals surface area contributed by atoms with Crippen molar-refractivity contribution in [1.29, 1.82) is 0 Å². The van der Waals surface area contributed by atoms with Gasteiger partial charge in [0.1, 0.15) is 5.69 Å². The van der Waals surface area contributed by atoms with Crippen LogP contribution < -0.4 is 5.32 Å². The van der Waals surface area contributed by atoms with Gasteiger partial charge in [-0.25, -0.2) is 8.42 Å². The minimum absolute atomic E-state index is 0.0725. The van der Waals surface area contributed by atoms with Gasteiger partial charge in [0.15, 0.2) is 9.84 Å². The van der Waals surface area contributed by atoms with E-state index in [2.05, 4.69) is 10.3 Å². The summed E-state index contributed by atoms with van der Waals surface area (Å²) >= 11 is 0. The van der Waals surface area contributed by atoms with Gasteiger partial charge >= 0.3 is 12.4 Å². The highest BCUT2D eigenvalue weighted by molar-refractivity contribution is 7.92. The molecule has 0 unspecified atom stereocenters. The van der Waals surface area contributed by atoms with Crippen LogP contribution in [0.3, 0.4) is 0 Å². The van der Waals surface area contributed by atoms with Crippen LogP contribution in [0.4, 0.5) is 26.3 Å². The van der Waals surface area contributed by atoms with Crippen molar-refractivity contribution in [3.05, 3.63) is 59.4 Å². The lowest BCUT2D eigenvalue weighted by Gasteiger charge is -2.29. The number of alkyl halides is 6. The van der Waals surface area contributed by atoms with Crippen molar-refractivity contribution < 1.29 is 39.6 Å². The highest BCUT2D eigenvalue weighted by Gasteiger charge is 2.36. The SMILES string of the molecule is O=C(NC1CCC(S(=O)(=O)c2cccc(C(F)(F)F)c2)CC1)c1ccc(C(F)(F)F)nc1. The van der Waals surface area contributed by atoms with Crippen LogP contribution in [-0.4, -0.2) is 30.6 Å². The topological polar surface area (TPSA) is 76.1 Å². The summed E-state index contributed by atoms with van der Waals surface area (Å²) < 4.78 is 102. The lowest BCUT2D eigenvalue weighted by Crippen LogP contribution is -2.40. The average Bonchev–Trinajstić information content (AvgIpc) is 2.73. The van der Waals surface area contributed by atoms with Gasteiger partial charge < -0.3 is 5.32 Å². The summed E-state index contributed by atoms with van der Waals surface area (Å²) in [5, 5.41) is 1.73. The Morgan fingerprint density at radius 1 is 0.938 bits per heavy atom. The molecule has 1 aliphatic carbocycles. The van der Waals surface area contributed by atoms with Gasteiger partial charge in [0.2, 0.25) is 0 Å². The average molecular weight is 480 g/mol. The highest BCUT2D eigenvalue weighted by Crippen LogP contribution is 2.34. The molecule has 1 amide bonds. The molecule has 2 aromatic rings. The molecule has 1 N–H and O–H groups in total. The van der Waals surface area contributed by atoms with Crippen molar-refractivity contribution >= 4 is 15.7 Å². The molecule has 0 saturated heterocycles. The second-order valence-electron chi connectivity index (χ2n) is 7.45. The number of nitrogens with zero attached hydrogens (tertiary/aromatic N) is 1. The van der Waals surface area contributed by atoms with Gasteiger partial charge in [-0.2, -0.15) is 26.3 Å². The summed E-state index contributed by atoms with van der Waals surface area (Å²) in [7, 11) is -4.00. The molecule has 1 saturated carbocycles. The number of halogens is 6. The van der Waals surface area contributed by atoms with E-state index >= 15 is 0 Å². The van der Waals surface area contributed by atoms with Gasteiger partial charge in [-0.05, 0) is 56.0 Å². The number of amides is 1. The molecule has 0 bridgehead atoms. The molecule has 0 radical (unpaired) electrons. The van der Waals surface area contributed by atoms with E-state index in [-0.39, 0.29) is 31.2 Å². The maximum absolute atomic E-state index is 12.9. The minimum Gasteiger partial charge on any atom is -0.349 e. The number of aromatic nitrogens is 1. The summed E-state index contributed by atoms with van der Waals surface area (Å²) in [5.74, 6) is -0.643. The van der Waals surface area contributed by atoms with E-state index in [1.54, 1.807) is 0 Å². The molecular formula is C20H18F6N2O3S. The number of benzene rings is 1. The van der Waals surface area contributed by atoms with Crippen molar-refractivity contribution in [2.75, 3.05) is 0 Å². The second-order valence-corrected chi connectivity index (χ2v) is 9.68. The molecule has 3 rings (SSSR count).